The van der Waals surface area contributed by atoms with Gasteiger partial charge in [0.05, 0.1) is 47.1 Å². The van der Waals surface area contributed by atoms with Gasteiger partial charge in [0, 0.05) is 29.6 Å². The number of para-hydroxylation sites is 1. The second-order valence-electron chi connectivity index (χ2n) is 9.09. The van der Waals surface area contributed by atoms with E-state index < -0.39 is 5.97 Å². The zero-order valence-electron chi connectivity index (χ0n) is 21.4. The van der Waals surface area contributed by atoms with E-state index in [-0.39, 0.29) is 17.0 Å². The van der Waals surface area contributed by atoms with Crippen LogP contribution < -0.4 is 15.5 Å². The van der Waals surface area contributed by atoms with Crippen LogP contribution in [0.5, 0.6) is 5.75 Å². The zero-order chi connectivity index (χ0) is 27.7. The molecular weight excluding hydrogens is 496 g/mol. The maximum absolute atomic E-state index is 13.2. The van der Waals surface area contributed by atoms with Crippen molar-refractivity contribution in [3.05, 3.63) is 106 Å². The summed E-state index contributed by atoms with van der Waals surface area (Å²) in [6, 6.07) is 18.6. The highest BCUT2D eigenvalue weighted by Crippen LogP contribution is 2.31. The summed E-state index contributed by atoms with van der Waals surface area (Å²) in [7, 11) is 1.49. The van der Waals surface area contributed by atoms with Crippen molar-refractivity contribution in [1.29, 1.82) is 5.26 Å². The quantitative estimate of drug-likeness (QED) is 0.279. The van der Waals surface area contributed by atoms with E-state index in [1.807, 2.05) is 19.9 Å². The Hall–Kier alpha value is -5.36. The number of anilines is 1. The van der Waals surface area contributed by atoms with Crippen molar-refractivity contribution in [2.45, 2.75) is 19.9 Å². The molecule has 1 atom stereocenters. The molecule has 0 amide bonds. The van der Waals surface area contributed by atoms with Crippen molar-refractivity contribution >= 4 is 22.6 Å². The maximum Gasteiger partial charge on any atom is 0.337 e. The van der Waals surface area contributed by atoms with Gasteiger partial charge in [-0.1, -0.05) is 18.2 Å². The van der Waals surface area contributed by atoms with Gasteiger partial charge in [-0.25, -0.2) is 9.48 Å². The molecule has 2 N–H and O–H groups in total. The number of nitriles is 1. The monoisotopic (exact) mass is 520 g/mol. The van der Waals surface area contributed by atoms with E-state index in [0.717, 1.165) is 5.56 Å². The predicted octanol–water partition coefficient (Wildman–Crippen LogP) is 5.71. The molecule has 2 heterocycles. The number of nitrogens with one attached hydrogen (secondary N) is 1. The summed E-state index contributed by atoms with van der Waals surface area (Å²) in [6.07, 6.45) is 3.32. The number of aromatic carboxylic acids is 1. The average molecular weight is 521 g/mol. The van der Waals surface area contributed by atoms with Crippen LogP contribution in [0.4, 0.5) is 5.69 Å². The molecular formula is C30H24N4O5. The highest BCUT2D eigenvalue weighted by atomic mass is 16.5. The van der Waals surface area contributed by atoms with Gasteiger partial charge in [-0.2, -0.15) is 10.4 Å². The molecule has 1 unspecified atom stereocenters. The summed E-state index contributed by atoms with van der Waals surface area (Å²) in [4.78, 5) is 24.9. The van der Waals surface area contributed by atoms with Crippen LogP contribution in [0.3, 0.4) is 0 Å². The van der Waals surface area contributed by atoms with Crippen molar-refractivity contribution in [3.63, 3.8) is 0 Å². The van der Waals surface area contributed by atoms with Crippen LogP contribution in [0, 0.1) is 18.3 Å². The number of hydrogen-bond acceptors (Lipinski definition) is 7. The SMILES string of the molecule is COc1cc(-n2cc(-c3cc(=O)c4cc(C)cc(C(C)Nc5ccccc5C(=O)O)c4o3)cn2)ccc1C#N. The summed E-state index contributed by atoms with van der Waals surface area (Å²) in [6.45, 7) is 3.78. The molecule has 39 heavy (non-hydrogen) atoms. The second kappa shape index (κ2) is 10.2. The van der Waals surface area contributed by atoms with Crippen molar-refractivity contribution in [2.75, 3.05) is 12.4 Å². The van der Waals surface area contributed by atoms with Gasteiger partial charge in [-0.3, -0.25) is 4.79 Å². The van der Waals surface area contributed by atoms with E-state index in [9.17, 15) is 20.0 Å². The van der Waals surface area contributed by atoms with Crippen molar-refractivity contribution in [1.82, 2.24) is 9.78 Å². The van der Waals surface area contributed by atoms with Crippen LogP contribution in [0.15, 0.2) is 82.3 Å². The number of fused-ring (bicyclic) bond motifs is 1. The molecule has 2 aromatic heterocycles. The highest BCUT2D eigenvalue weighted by molar-refractivity contribution is 5.94. The first-order chi connectivity index (χ1) is 18.8. The van der Waals surface area contributed by atoms with E-state index in [2.05, 4.69) is 16.5 Å². The summed E-state index contributed by atoms with van der Waals surface area (Å²) in [5.74, 6) is -0.275. The standard InChI is InChI=1S/C30H24N4O5/c1-17-10-23(18(2)33-25-7-5-4-6-22(25)30(36)37)29-24(11-17)26(35)13-28(39-29)20-15-32-34(16-20)21-9-8-19(14-31)27(12-21)38-3/h4-13,15-16,18,33H,1-3H3,(H,36,37). The first-order valence-electron chi connectivity index (χ1n) is 12.1. The first-order valence-corrected chi connectivity index (χ1v) is 12.1. The van der Waals surface area contributed by atoms with Crippen LogP contribution in [0.2, 0.25) is 0 Å². The number of carbonyl (C=O) groups is 1. The zero-order valence-corrected chi connectivity index (χ0v) is 21.4. The molecule has 194 valence electrons. The fourth-order valence-corrected chi connectivity index (χ4v) is 4.51. The molecule has 0 fully saturated rings. The topological polar surface area (TPSA) is 130 Å². The normalized spacial score (nSPS) is 11.6. The van der Waals surface area contributed by atoms with Gasteiger partial charge in [0.2, 0.25) is 0 Å². The van der Waals surface area contributed by atoms with Gasteiger partial charge in [-0.15, -0.1) is 0 Å². The minimum atomic E-state index is -1.04. The fraction of sp³-hybridized carbons (Fsp3) is 0.133. The summed E-state index contributed by atoms with van der Waals surface area (Å²) in [5, 5.41) is 26.9. The molecule has 0 bridgehead atoms. The number of methoxy groups -OCH3 is 1. The molecule has 9 heteroatoms. The third-order valence-corrected chi connectivity index (χ3v) is 6.43. The third kappa shape index (κ3) is 4.83. The smallest absolute Gasteiger partial charge is 0.337 e. The number of rotatable bonds is 7. The van der Waals surface area contributed by atoms with Crippen LogP contribution in [-0.2, 0) is 0 Å². The number of hydrogen-bond donors (Lipinski definition) is 2. The summed E-state index contributed by atoms with van der Waals surface area (Å²) >= 11 is 0. The lowest BCUT2D eigenvalue weighted by Gasteiger charge is -2.19. The Labute approximate surface area is 223 Å². The van der Waals surface area contributed by atoms with E-state index in [1.165, 1.54) is 19.2 Å². The van der Waals surface area contributed by atoms with Crippen molar-refractivity contribution in [3.8, 4) is 28.8 Å². The van der Waals surface area contributed by atoms with E-state index in [4.69, 9.17) is 9.15 Å². The van der Waals surface area contributed by atoms with Crippen molar-refractivity contribution < 1.29 is 19.1 Å². The van der Waals surface area contributed by atoms with Crippen LogP contribution in [0.1, 0.15) is 40.0 Å². The molecule has 5 aromatic rings. The Bertz CT molecular complexity index is 1830. The number of ether oxygens (including phenoxy) is 1. The number of carboxylic acids is 1. The van der Waals surface area contributed by atoms with E-state index in [1.54, 1.807) is 59.5 Å². The largest absolute Gasteiger partial charge is 0.495 e. The Morgan fingerprint density at radius 1 is 1.18 bits per heavy atom. The molecule has 3 aromatic carbocycles. The van der Waals surface area contributed by atoms with Crippen molar-refractivity contribution in [2.24, 2.45) is 0 Å². The lowest BCUT2D eigenvalue weighted by molar-refractivity contribution is 0.0698. The average Bonchev–Trinajstić information content (AvgIpc) is 3.43. The highest BCUT2D eigenvalue weighted by Gasteiger charge is 2.19. The lowest BCUT2D eigenvalue weighted by atomic mass is 10.0. The lowest BCUT2D eigenvalue weighted by Crippen LogP contribution is -2.12. The minimum Gasteiger partial charge on any atom is -0.495 e. The van der Waals surface area contributed by atoms with Crippen LogP contribution in [-0.4, -0.2) is 28.0 Å². The minimum absolute atomic E-state index is 0.148. The number of aryl methyl sites for hydroxylation is 1. The number of nitrogens with zero attached hydrogens (tertiary/aromatic N) is 3. The second-order valence-corrected chi connectivity index (χ2v) is 9.09. The van der Waals surface area contributed by atoms with Gasteiger partial charge in [0.25, 0.3) is 0 Å². The molecule has 9 nitrogen and oxygen atoms in total. The van der Waals surface area contributed by atoms with Crippen LogP contribution in [0.25, 0.3) is 28.0 Å². The fourth-order valence-electron chi connectivity index (χ4n) is 4.51. The molecule has 0 radical (unpaired) electrons. The Kier molecular flexibility index (Phi) is 6.61. The van der Waals surface area contributed by atoms with Gasteiger partial charge in [0.15, 0.2) is 5.43 Å². The molecule has 5 rings (SSSR count). The number of benzene rings is 3. The summed E-state index contributed by atoms with van der Waals surface area (Å²) < 4.78 is 13.2. The number of carboxylic acid groups (broad SMARTS) is 1. The molecule has 0 saturated heterocycles. The van der Waals surface area contributed by atoms with Gasteiger partial charge < -0.3 is 19.6 Å². The first kappa shape index (κ1) is 25.3. The maximum atomic E-state index is 13.2. The Morgan fingerprint density at radius 2 is 1.97 bits per heavy atom. The van der Waals surface area contributed by atoms with Gasteiger partial charge in [0.1, 0.15) is 23.2 Å². The number of aromatic nitrogens is 2. The molecule has 0 aliphatic heterocycles. The predicted molar refractivity (Wildman–Crippen MR) is 146 cm³/mol. The van der Waals surface area contributed by atoms with Gasteiger partial charge in [-0.05, 0) is 49.7 Å². The molecule has 0 aliphatic rings. The Morgan fingerprint density at radius 3 is 2.72 bits per heavy atom. The van der Waals surface area contributed by atoms with Crippen LogP contribution >= 0.6 is 0 Å². The van der Waals surface area contributed by atoms with Gasteiger partial charge >= 0.3 is 5.97 Å². The third-order valence-electron chi connectivity index (χ3n) is 6.43. The molecule has 0 saturated carbocycles. The molecule has 0 spiro atoms. The summed E-state index contributed by atoms with van der Waals surface area (Å²) in [5.41, 5.74) is 4.07. The Balaban J connectivity index is 1.57. The molecule has 0 aliphatic carbocycles. The van der Waals surface area contributed by atoms with E-state index in [0.29, 0.717) is 50.5 Å². The van der Waals surface area contributed by atoms with E-state index >= 15 is 0 Å².